The zero-order valence-corrected chi connectivity index (χ0v) is 12.8. The maximum Gasteiger partial charge on any atom is 0.149 e. The lowest BCUT2D eigenvalue weighted by Gasteiger charge is -2.06. The first kappa shape index (κ1) is 12.9. The Hall–Kier alpha value is -0.520. The quantitative estimate of drug-likeness (QED) is 0.899. The van der Waals surface area contributed by atoms with Crippen LogP contribution in [-0.2, 0) is 6.42 Å². The van der Waals surface area contributed by atoms with Crippen molar-refractivity contribution in [2.45, 2.75) is 6.42 Å². The van der Waals surface area contributed by atoms with E-state index in [0.29, 0.717) is 0 Å². The van der Waals surface area contributed by atoms with Gasteiger partial charge in [-0.15, -0.1) is 0 Å². The van der Waals surface area contributed by atoms with Crippen LogP contribution in [0.4, 0.5) is 0 Å². The molecule has 0 spiro atoms. The zero-order chi connectivity index (χ0) is 12.4. The molecular weight excluding hydrogens is 350 g/mol. The lowest BCUT2D eigenvalue weighted by atomic mass is 10.1. The Labute approximate surface area is 117 Å². The van der Waals surface area contributed by atoms with E-state index in [1.54, 1.807) is 13.4 Å². The fourth-order valence-corrected chi connectivity index (χ4v) is 2.98. The number of benzene rings is 1. The summed E-state index contributed by atoms with van der Waals surface area (Å²) in [5.41, 5.74) is 2.02. The largest absolute Gasteiger partial charge is 0.496 e. The van der Waals surface area contributed by atoms with E-state index in [2.05, 4.69) is 37.2 Å². The minimum atomic E-state index is 0.802. The fraction of sp³-hybridized carbons (Fsp3) is 0.333. The smallest absolute Gasteiger partial charge is 0.149 e. The molecule has 0 fully saturated rings. The standard InChI is InChI=1S/C12H13Br2NO2/c1-15-4-3-7-6-17-12-8(13)5-9(16-2)11(14)10(7)12/h5-6,15H,3-4H2,1-2H3. The van der Waals surface area contributed by atoms with Crippen molar-refractivity contribution in [1.82, 2.24) is 5.32 Å². The molecule has 0 aliphatic heterocycles. The van der Waals surface area contributed by atoms with Crippen LogP contribution in [0.1, 0.15) is 5.56 Å². The highest BCUT2D eigenvalue weighted by atomic mass is 79.9. The summed E-state index contributed by atoms with van der Waals surface area (Å²) in [6, 6.07) is 1.90. The van der Waals surface area contributed by atoms with Gasteiger partial charge >= 0.3 is 0 Å². The van der Waals surface area contributed by atoms with Crippen LogP contribution in [0, 0.1) is 0 Å². The highest BCUT2D eigenvalue weighted by Crippen LogP contribution is 2.40. The molecule has 0 amide bonds. The molecule has 17 heavy (non-hydrogen) atoms. The summed E-state index contributed by atoms with van der Waals surface area (Å²) in [5, 5.41) is 4.21. The van der Waals surface area contributed by atoms with E-state index in [0.717, 1.165) is 38.6 Å². The number of halogens is 2. The highest BCUT2D eigenvalue weighted by molar-refractivity contribution is 9.11. The molecule has 0 saturated carbocycles. The predicted octanol–water partition coefficient (Wildman–Crippen LogP) is 3.73. The lowest BCUT2D eigenvalue weighted by molar-refractivity contribution is 0.412. The van der Waals surface area contributed by atoms with Gasteiger partial charge in [0.1, 0.15) is 11.3 Å². The van der Waals surface area contributed by atoms with Crippen molar-refractivity contribution in [1.29, 1.82) is 0 Å². The Kier molecular flexibility index (Phi) is 4.12. The van der Waals surface area contributed by atoms with E-state index in [-0.39, 0.29) is 0 Å². The fourth-order valence-electron chi connectivity index (χ4n) is 1.77. The van der Waals surface area contributed by atoms with Crippen LogP contribution in [0.5, 0.6) is 5.75 Å². The molecule has 2 aromatic rings. The summed E-state index contributed by atoms with van der Waals surface area (Å²) in [5.74, 6) is 0.802. The topological polar surface area (TPSA) is 34.4 Å². The van der Waals surface area contributed by atoms with Gasteiger partial charge in [0.2, 0.25) is 0 Å². The third-order valence-electron chi connectivity index (χ3n) is 2.64. The van der Waals surface area contributed by atoms with Gasteiger partial charge in [-0.2, -0.15) is 0 Å². The van der Waals surface area contributed by atoms with Crippen LogP contribution < -0.4 is 10.1 Å². The molecule has 0 aliphatic rings. The van der Waals surface area contributed by atoms with Crippen LogP contribution in [0.15, 0.2) is 25.7 Å². The molecule has 0 aliphatic carbocycles. The van der Waals surface area contributed by atoms with E-state index in [1.807, 2.05) is 13.1 Å². The molecule has 1 N–H and O–H groups in total. The third kappa shape index (κ3) is 2.37. The van der Waals surface area contributed by atoms with Crippen molar-refractivity contribution in [3.63, 3.8) is 0 Å². The zero-order valence-electron chi connectivity index (χ0n) is 9.64. The van der Waals surface area contributed by atoms with Crippen LogP contribution in [-0.4, -0.2) is 20.7 Å². The number of fused-ring (bicyclic) bond motifs is 1. The number of methoxy groups -OCH3 is 1. The Morgan fingerprint density at radius 1 is 1.41 bits per heavy atom. The number of ether oxygens (including phenoxy) is 1. The molecule has 0 bridgehead atoms. The molecule has 1 aromatic heterocycles. The molecule has 1 heterocycles. The van der Waals surface area contributed by atoms with Gasteiger partial charge in [0, 0.05) is 10.9 Å². The summed E-state index contributed by atoms with van der Waals surface area (Å²) >= 11 is 7.07. The van der Waals surface area contributed by atoms with Crippen LogP contribution >= 0.6 is 31.9 Å². The molecule has 3 nitrogen and oxygen atoms in total. The van der Waals surface area contributed by atoms with Gasteiger partial charge < -0.3 is 14.5 Å². The third-order valence-corrected chi connectivity index (χ3v) is 4.02. The molecule has 0 saturated heterocycles. The SMILES string of the molecule is CNCCc1coc2c(Br)cc(OC)c(Br)c12. The average molecular weight is 363 g/mol. The Bertz CT molecular complexity index is 537. The summed E-state index contributed by atoms with van der Waals surface area (Å²) < 4.78 is 12.8. The van der Waals surface area contributed by atoms with Crippen molar-refractivity contribution in [3.05, 3.63) is 26.8 Å². The van der Waals surface area contributed by atoms with Gasteiger partial charge in [-0.05, 0) is 57.9 Å². The van der Waals surface area contributed by atoms with Crippen molar-refractivity contribution >= 4 is 42.8 Å². The van der Waals surface area contributed by atoms with Crippen molar-refractivity contribution in [2.24, 2.45) is 0 Å². The van der Waals surface area contributed by atoms with Gasteiger partial charge in [-0.3, -0.25) is 0 Å². The average Bonchev–Trinajstić information content (AvgIpc) is 2.75. The van der Waals surface area contributed by atoms with Crippen LogP contribution in [0.3, 0.4) is 0 Å². The second-order valence-corrected chi connectivity index (χ2v) is 5.34. The van der Waals surface area contributed by atoms with Crippen molar-refractivity contribution < 1.29 is 9.15 Å². The minimum absolute atomic E-state index is 0.802. The van der Waals surface area contributed by atoms with Gasteiger partial charge in [0.25, 0.3) is 0 Å². The first-order chi connectivity index (χ1) is 8.19. The summed E-state index contributed by atoms with van der Waals surface area (Å²) in [7, 11) is 3.60. The van der Waals surface area contributed by atoms with Crippen molar-refractivity contribution in [3.8, 4) is 5.75 Å². The normalized spacial score (nSPS) is 11.1. The van der Waals surface area contributed by atoms with E-state index in [4.69, 9.17) is 9.15 Å². The second-order valence-electron chi connectivity index (χ2n) is 3.69. The molecule has 5 heteroatoms. The number of likely N-dealkylation sites (N-methyl/N-ethyl adjacent to an activating group) is 1. The number of hydrogen-bond acceptors (Lipinski definition) is 3. The summed E-state index contributed by atoms with van der Waals surface area (Å²) in [6.07, 6.45) is 2.72. The van der Waals surface area contributed by atoms with Gasteiger partial charge in [0.05, 0.1) is 22.3 Å². The molecule has 0 radical (unpaired) electrons. The number of nitrogens with one attached hydrogen (secondary N) is 1. The van der Waals surface area contributed by atoms with E-state index >= 15 is 0 Å². The van der Waals surface area contributed by atoms with Gasteiger partial charge in [-0.1, -0.05) is 0 Å². The number of rotatable bonds is 4. The van der Waals surface area contributed by atoms with E-state index in [1.165, 1.54) is 5.56 Å². The lowest BCUT2D eigenvalue weighted by Crippen LogP contribution is -2.09. The first-order valence-electron chi connectivity index (χ1n) is 5.25. The molecule has 92 valence electrons. The second kappa shape index (κ2) is 5.42. The van der Waals surface area contributed by atoms with E-state index < -0.39 is 0 Å². The molecule has 0 unspecified atom stereocenters. The molecular formula is C12H13Br2NO2. The monoisotopic (exact) mass is 361 g/mol. The maximum atomic E-state index is 5.60. The van der Waals surface area contributed by atoms with Crippen molar-refractivity contribution in [2.75, 3.05) is 20.7 Å². The predicted molar refractivity (Wildman–Crippen MR) is 75.8 cm³/mol. The summed E-state index contributed by atoms with van der Waals surface area (Å²) in [4.78, 5) is 0. The van der Waals surface area contributed by atoms with Crippen LogP contribution in [0.2, 0.25) is 0 Å². The Balaban J connectivity index is 2.60. The minimum Gasteiger partial charge on any atom is -0.496 e. The maximum absolute atomic E-state index is 5.60. The Morgan fingerprint density at radius 3 is 2.82 bits per heavy atom. The molecule has 0 atom stereocenters. The van der Waals surface area contributed by atoms with Crippen LogP contribution in [0.25, 0.3) is 11.0 Å². The summed E-state index contributed by atoms with van der Waals surface area (Å²) in [6.45, 7) is 0.913. The highest BCUT2D eigenvalue weighted by Gasteiger charge is 2.16. The first-order valence-corrected chi connectivity index (χ1v) is 6.84. The molecule has 2 rings (SSSR count). The number of hydrogen-bond donors (Lipinski definition) is 1. The van der Waals surface area contributed by atoms with Gasteiger partial charge in [0.15, 0.2) is 0 Å². The number of furan rings is 1. The molecule has 1 aromatic carbocycles. The Morgan fingerprint density at radius 2 is 2.18 bits per heavy atom. The van der Waals surface area contributed by atoms with E-state index in [9.17, 15) is 0 Å². The van der Waals surface area contributed by atoms with Gasteiger partial charge in [-0.25, -0.2) is 0 Å².